The molecule has 0 unspecified atom stereocenters. The zero-order valence-corrected chi connectivity index (χ0v) is 12.2. The molecule has 1 aromatic heterocycles. The van der Waals surface area contributed by atoms with E-state index in [-0.39, 0.29) is 7.43 Å². The van der Waals surface area contributed by atoms with E-state index in [1.807, 2.05) is 37.4 Å². The first kappa shape index (κ1) is 15.8. The zero-order chi connectivity index (χ0) is 14.7. The highest BCUT2D eigenvalue weighted by Gasteiger charge is 2.08. The maximum Gasteiger partial charge on any atom is 0.221 e. The Morgan fingerprint density at radius 3 is 2.36 bits per heavy atom. The summed E-state index contributed by atoms with van der Waals surface area (Å²) < 4.78 is 1.77. The van der Waals surface area contributed by atoms with Crippen molar-refractivity contribution in [1.29, 1.82) is 0 Å². The van der Waals surface area contributed by atoms with Crippen molar-refractivity contribution in [2.24, 2.45) is 7.05 Å². The summed E-state index contributed by atoms with van der Waals surface area (Å²) in [6.07, 6.45) is 0. The molecule has 0 spiro atoms. The number of hydrogen-bond donors (Lipinski definition) is 1. The fourth-order valence-electron chi connectivity index (χ4n) is 2.13. The molecule has 22 heavy (non-hydrogen) atoms. The molecule has 0 radical (unpaired) electrons. The van der Waals surface area contributed by atoms with Crippen molar-refractivity contribution >= 4 is 5.95 Å². The fraction of sp³-hybridized carbons (Fsp3) is 0.222. The van der Waals surface area contributed by atoms with Crippen LogP contribution in [-0.2, 0) is 13.6 Å². The number of aromatic nitrogens is 3. The predicted molar refractivity (Wildman–Crippen MR) is 91.7 cm³/mol. The van der Waals surface area contributed by atoms with E-state index in [4.69, 9.17) is 0 Å². The van der Waals surface area contributed by atoms with Gasteiger partial charge in [-0.15, -0.1) is 5.10 Å². The highest BCUT2D eigenvalue weighted by Crippen LogP contribution is 2.17. The quantitative estimate of drug-likeness (QED) is 0.789. The van der Waals surface area contributed by atoms with Gasteiger partial charge in [-0.2, -0.15) is 4.98 Å². The van der Waals surface area contributed by atoms with Crippen LogP contribution in [0.15, 0.2) is 54.6 Å². The maximum atomic E-state index is 4.55. The van der Waals surface area contributed by atoms with Crippen LogP contribution in [0.5, 0.6) is 0 Å². The molecule has 0 saturated carbocycles. The van der Waals surface area contributed by atoms with Gasteiger partial charge in [-0.05, 0) is 12.5 Å². The highest BCUT2D eigenvalue weighted by atomic mass is 15.4. The smallest absolute Gasteiger partial charge is 0.221 e. The van der Waals surface area contributed by atoms with Crippen LogP contribution in [0.3, 0.4) is 0 Å². The summed E-state index contributed by atoms with van der Waals surface area (Å²) in [5.41, 5.74) is 3.52. The molecule has 0 aliphatic rings. The van der Waals surface area contributed by atoms with Crippen LogP contribution in [0.2, 0.25) is 0 Å². The first-order chi connectivity index (χ1) is 10.2. The van der Waals surface area contributed by atoms with E-state index < -0.39 is 0 Å². The molecule has 0 aliphatic carbocycles. The number of hydrogen-bond acceptors (Lipinski definition) is 3. The summed E-state index contributed by atoms with van der Waals surface area (Å²) in [5.74, 6) is 1.51. The summed E-state index contributed by atoms with van der Waals surface area (Å²) in [6, 6.07) is 18.5. The Labute approximate surface area is 131 Å². The summed E-state index contributed by atoms with van der Waals surface area (Å²) >= 11 is 0. The van der Waals surface area contributed by atoms with Gasteiger partial charge in [0.05, 0.1) is 0 Å². The largest absolute Gasteiger partial charge is 0.350 e. The lowest BCUT2D eigenvalue weighted by molar-refractivity contribution is 0.769. The van der Waals surface area contributed by atoms with Crippen molar-refractivity contribution < 1.29 is 0 Å². The molecule has 3 aromatic rings. The average Bonchev–Trinajstić information content (AvgIpc) is 2.89. The van der Waals surface area contributed by atoms with Gasteiger partial charge < -0.3 is 5.32 Å². The molecular formula is C18H22N4. The van der Waals surface area contributed by atoms with E-state index in [1.165, 1.54) is 11.1 Å². The Hall–Kier alpha value is -2.62. The molecule has 0 atom stereocenters. The number of anilines is 1. The minimum Gasteiger partial charge on any atom is -0.350 e. The first-order valence-corrected chi connectivity index (χ1v) is 6.98. The average molecular weight is 294 g/mol. The summed E-state index contributed by atoms with van der Waals surface area (Å²) in [4.78, 5) is 4.55. The van der Waals surface area contributed by atoms with Crippen LogP contribution in [0.1, 0.15) is 18.6 Å². The first-order valence-electron chi connectivity index (χ1n) is 6.98. The van der Waals surface area contributed by atoms with E-state index in [2.05, 4.69) is 46.6 Å². The number of nitrogens with one attached hydrogen (secondary N) is 1. The third-order valence-electron chi connectivity index (χ3n) is 3.37. The molecule has 0 fully saturated rings. The molecule has 0 aliphatic heterocycles. The second-order valence-electron chi connectivity index (χ2n) is 5.09. The third-order valence-corrected chi connectivity index (χ3v) is 3.37. The normalized spacial score (nSPS) is 10.1. The summed E-state index contributed by atoms with van der Waals surface area (Å²) in [5, 5.41) is 7.78. The van der Waals surface area contributed by atoms with Crippen LogP contribution < -0.4 is 5.32 Å². The Morgan fingerprint density at radius 2 is 1.68 bits per heavy atom. The van der Waals surface area contributed by atoms with E-state index in [9.17, 15) is 0 Å². The Balaban J connectivity index is 0.00000176. The minimum atomic E-state index is 0. The van der Waals surface area contributed by atoms with Crippen molar-refractivity contribution in [2.45, 2.75) is 20.9 Å². The lowest BCUT2D eigenvalue weighted by Crippen LogP contribution is -2.05. The van der Waals surface area contributed by atoms with E-state index in [0.717, 1.165) is 23.9 Å². The van der Waals surface area contributed by atoms with Crippen LogP contribution in [0, 0.1) is 6.92 Å². The summed E-state index contributed by atoms with van der Waals surface area (Å²) in [6.45, 7) is 2.83. The molecule has 114 valence electrons. The van der Waals surface area contributed by atoms with Crippen LogP contribution in [0.25, 0.3) is 11.4 Å². The van der Waals surface area contributed by atoms with Crippen molar-refractivity contribution in [2.75, 3.05) is 5.32 Å². The number of nitrogens with zero attached hydrogens (tertiary/aromatic N) is 3. The monoisotopic (exact) mass is 294 g/mol. The number of benzene rings is 2. The predicted octanol–water partition coefficient (Wildman–Crippen LogP) is 4.04. The van der Waals surface area contributed by atoms with Crippen molar-refractivity contribution in [3.8, 4) is 11.4 Å². The van der Waals surface area contributed by atoms with Gasteiger partial charge in [0.25, 0.3) is 0 Å². The van der Waals surface area contributed by atoms with Crippen molar-refractivity contribution in [1.82, 2.24) is 14.8 Å². The Kier molecular flexibility index (Phi) is 4.94. The van der Waals surface area contributed by atoms with Gasteiger partial charge in [-0.25, -0.2) is 4.68 Å². The topological polar surface area (TPSA) is 42.7 Å². The van der Waals surface area contributed by atoms with Gasteiger partial charge in [0, 0.05) is 19.2 Å². The van der Waals surface area contributed by atoms with Gasteiger partial charge in [0.1, 0.15) is 0 Å². The molecule has 0 saturated heterocycles. The third kappa shape index (κ3) is 3.52. The number of aryl methyl sites for hydroxylation is 2. The number of rotatable bonds is 4. The molecule has 4 heteroatoms. The van der Waals surface area contributed by atoms with E-state index in [0.29, 0.717) is 0 Å². The molecule has 0 amide bonds. The highest BCUT2D eigenvalue weighted by molar-refractivity contribution is 5.56. The fourth-order valence-corrected chi connectivity index (χ4v) is 2.13. The van der Waals surface area contributed by atoms with Crippen LogP contribution >= 0.6 is 0 Å². The van der Waals surface area contributed by atoms with Crippen molar-refractivity contribution in [3.05, 3.63) is 65.7 Å². The molecule has 4 nitrogen and oxygen atoms in total. The van der Waals surface area contributed by atoms with Crippen LogP contribution in [-0.4, -0.2) is 14.8 Å². The molecule has 1 N–H and O–H groups in total. The second kappa shape index (κ2) is 6.89. The standard InChI is InChI=1S/C17H18N4.CH4/c1-13-8-10-14(11-9-13)12-18-17-19-16(20-21(17)2)15-6-4-3-5-7-15;/h3-11H,12H2,1-2H3,(H,18,19,20);1H4. The SMILES string of the molecule is C.Cc1ccc(CNc2nc(-c3ccccc3)nn2C)cc1. The maximum absolute atomic E-state index is 4.55. The zero-order valence-electron chi connectivity index (χ0n) is 12.2. The van der Waals surface area contributed by atoms with Crippen LogP contribution in [0.4, 0.5) is 5.95 Å². The van der Waals surface area contributed by atoms with Gasteiger partial charge in [0.15, 0.2) is 5.82 Å². The Bertz CT molecular complexity index is 715. The van der Waals surface area contributed by atoms with Gasteiger partial charge in [0.2, 0.25) is 5.95 Å². The minimum absolute atomic E-state index is 0. The molecule has 2 aromatic carbocycles. The van der Waals surface area contributed by atoms with Gasteiger partial charge in [-0.3, -0.25) is 0 Å². The lowest BCUT2D eigenvalue weighted by Gasteiger charge is -2.05. The van der Waals surface area contributed by atoms with Gasteiger partial charge in [-0.1, -0.05) is 67.6 Å². The molecule has 0 bridgehead atoms. The van der Waals surface area contributed by atoms with Crippen molar-refractivity contribution in [3.63, 3.8) is 0 Å². The lowest BCUT2D eigenvalue weighted by atomic mass is 10.1. The summed E-state index contributed by atoms with van der Waals surface area (Å²) in [7, 11) is 1.90. The van der Waals surface area contributed by atoms with Gasteiger partial charge >= 0.3 is 0 Å². The molecule has 3 rings (SSSR count). The molecular weight excluding hydrogens is 272 g/mol. The van der Waals surface area contributed by atoms with E-state index >= 15 is 0 Å². The second-order valence-corrected chi connectivity index (χ2v) is 5.09. The Morgan fingerprint density at radius 1 is 1.00 bits per heavy atom. The molecule has 1 heterocycles. The van der Waals surface area contributed by atoms with E-state index in [1.54, 1.807) is 4.68 Å².